The van der Waals surface area contributed by atoms with Crippen LogP contribution in [0.15, 0.2) is 30.1 Å². The first-order chi connectivity index (χ1) is 8.48. The van der Waals surface area contributed by atoms with E-state index in [1.54, 1.807) is 25.3 Å². The standard InChI is InChI=1S/C13H18N4O/c1-9(14)6-11(15)10-2-3-12(16-7-10)17-8-13(18)4-5-13/h2-3,6-7,15,18H,4-5,8,14H2,1H3,(H,16,17)/b9-6+,15-11?. The molecule has 18 heavy (non-hydrogen) atoms. The highest BCUT2D eigenvalue weighted by Gasteiger charge is 2.39. The summed E-state index contributed by atoms with van der Waals surface area (Å²) in [6, 6.07) is 3.61. The Morgan fingerprint density at radius 2 is 2.33 bits per heavy atom. The van der Waals surface area contributed by atoms with Crippen LogP contribution in [0.1, 0.15) is 25.3 Å². The predicted molar refractivity (Wildman–Crippen MR) is 71.7 cm³/mol. The maximum Gasteiger partial charge on any atom is 0.126 e. The molecule has 5 nitrogen and oxygen atoms in total. The number of rotatable bonds is 5. The van der Waals surface area contributed by atoms with Crippen LogP contribution in [0.5, 0.6) is 0 Å². The highest BCUT2D eigenvalue weighted by Crippen LogP contribution is 2.34. The van der Waals surface area contributed by atoms with E-state index >= 15 is 0 Å². The van der Waals surface area contributed by atoms with Crippen LogP contribution in [0.3, 0.4) is 0 Å². The molecule has 1 aromatic rings. The first-order valence-corrected chi connectivity index (χ1v) is 5.94. The van der Waals surface area contributed by atoms with Gasteiger partial charge in [-0.1, -0.05) is 0 Å². The highest BCUT2D eigenvalue weighted by atomic mass is 16.3. The normalized spacial score (nSPS) is 17.3. The summed E-state index contributed by atoms with van der Waals surface area (Å²) in [6.45, 7) is 2.27. The van der Waals surface area contributed by atoms with Crippen molar-refractivity contribution in [1.29, 1.82) is 5.41 Å². The summed E-state index contributed by atoms with van der Waals surface area (Å²) >= 11 is 0. The van der Waals surface area contributed by atoms with Gasteiger partial charge in [0.05, 0.1) is 11.3 Å². The summed E-state index contributed by atoms with van der Waals surface area (Å²) < 4.78 is 0. The molecule has 0 spiro atoms. The molecule has 0 aromatic carbocycles. The van der Waals surface area contributed by atoms with Crippen LogP contribution in [0.2, 0.25) is 0 Å². The van der Waals surface area contributed by atoms with Crippen LogP contribution in [0, 0.1) is 5.41 Å². The molecule has 0 radical (unpaired) electrons. The average Bonchev–Trinajstić information content (AvgIpc) is 3.05. The molecular weight excluding hydrogens is 228 g/mol. The van der Waals surface area contributed by atoms with Crippen LogP contribution in [0.25, 0.3) is 0 Å². The second-order valence-corrected chi connectivity index (χ2v) is 4.81. The molecule has 0 amide bonds. The molecule has 1 aliphatic rings. The molecule has 1 fully saturated rings. The van der Waals surface area contributed by atoms with Gasteiger partial charge in [-0.2, -0.15) is 0 Å². The van der Waals surface area contributed by atoms with Crippen LogP contribution in [-0.2, 0) is 0 Å². The van der Waals surface area contributed by atoms with E-state index in [0.29, 0.717) is 23.8 Å². The number of nitrogens with one attached hydrogen (secondary N) is 2. The fourth-order valence-electron chi connectivity index (χ4n) is 1.54. The number of anilines is 1. The molecule has 1 heterocycles. The number of pyridine rings is 1. The number of allylic oxidation sites excluding steroid dienone is 2. The van der Waals surface area contributed by atoms with Crippen molar-refractivity contribution in [3.63, 3.8) is 0 Å². The molecule has 1 saturated carbocycles. The lowest BCUT2D eigenvalue weighted by Crippen LogP contribution is -2.21. The smallest absolute Gasteiger partial charge is 0.126 e. The monoisotopic (exact) mass is 246 g/mol. The van der Waals surface area contributed by atoms with E-state index in [-0.39, 0.29) is 0 Å². The molecule has 0 saturated heterocycles. The van der Waals surface area contributed by atoms with Crippen molar-refractivity contribution in [3.05, 3.63) is 35.7 Å². The van der Waals surface area contributed by atoms with Crippen molar-refractivity contribution in [2.75, 3.05) is 11.9 Å². The molecule has 0 aliphatic heterocycles. The second-order valence-electron chi connectivity index (χ2n) is 4.81. The Hall–Kier alpha value is -1.88. The van der Waals surface area contributed by atoms with Gasteiger partial charge in [0.2, 0.25) is 0 Å². The van der Waals surface area contributed by atoms with Crippen molar-refractivity contribution in [3.8, 4) is 0 Å². The summed E-state index contributed by atoms with van der Waals surface area (Å²) in [6.07, 6.45) is 4.92. The molecular formula is C13H18N4O. The van der Waals surface area contributed by atoms with Gasteiger partial charge < -0.3 is 21.6 Å². The first kappa shape index (κ1) is 12.6. The Bertz CT molecular complexity index is 470. The molecule has 1 aromatic heterocycles. The average molecular weight is 246 g/mol. The molecule has 96 valence electrons. The molecule has 2 rings (SSSR count). The molecule has 0 atom stereocenters. The zero-order valence-electron chi connectivity index (χ0n) is 10.4. The zero-order valence-corrected chi connectivity index (χ0v) is 10.4. The van der Waals surface area contributed by atoms with Gasteiger partial charge in [0, 0.05) is 24.0 Å². The zero-order chi connectivity index (χ0) is 13.2. The summed E-state index contributed by atoms with van der Waals surface area (Å²) in [5.74, 6) is 0.709. The fourth-order valence-corrected chi connectivity index (χ4v) is 1.54. The Morgan fingerprint density at radius 1 is 1.61 bits per heavy atom. The van der Waals surface area contributed by atoms with Crippen molar-refractivity contribution >= 4 is 11.5 Å². The predicted octanol–water partition coefficient (Wildman–Crippen LogP) is 1.25. The summed E-state index contributed by atoms with van der Waals surface area (Å²) in [7, 11) is 0. The molecule has 0 bridgehead atoms. The number of aliphatic hydroxyl groups is 1. The minimum atomic E-state index is -0.535. The van der Waals surface area contributed by atoms with E-state index in [4.69, 9.17) is 11.1 Å². The Morgan fingerprint density at radius 3 is 2.83 bits per heavy atom. The summed E-state index contributed by atoms with van der Waals surface area (Å²) in [4.78, 5) is 4.20. The van der Waals surface area contributed by atoms with E-state index in [1.807, 2.05) is 6.07 Å². The minimum absolute atomic E-state index is 0.342. The van der Waals surface area contributed by atoms with Crippen LogP contribution >= 0.6 is 0 Å². The molecule has 5 heteroatoms. The lowest BCUT2D eigenvalue weighted by Gasteiger charge is -2.10. The number of hydrogen-bond donors (Lipinski definition) is 4. The Balaban J connectivity index is 1.96. The van der Waals surface area contributed by atoms with Gasteiger partial charge in [-0.3, -0.25) is 0 Å². The maximum atomic E-state index is 9.69. The van der Waals surface area contributed by atoms with E-state index in [2.05, 4.69) is 10.3 Å². The maximum absolute atomic E-state index is 9.69. The fraction of sp³-hybridized carbons (Fsp3) is 0.385. The second kappa shape index (κ2) is 4.78. The van der Waals surface area contributed by atoms with Crippen LogP contribution in [0.4, 0.5) is 5.82 Å². The SMILES string of the molecule is C/C(N)=C\C(=N)c1ccc(NCC2(O)CC2)nc1. The molecule has 0 unspecified atom stereocenters. The largest absolute Gasteiger partial charge is 0.402 e. The quantitative estimate of drug-likeness (QED) is 0.588. The number of hydrogen-bond acceptors (Lipinski definition) is 5. The van der Waals surface area contributed by atoms with Crippen LogP contribution < -0.4 is 11.1 Å². The van der Waals surface area contributed by atoms with E-state index < -0.39 is 5.60 Å². The molecule has 5 N–H and O–H groups in total. The summed E-state index contributed by atoms with van der Waals surface area (Å²) in [5, 5.41) is 20.6. The van der Waals surface area contributed by atoms with Crippen molar-refractivity contribution < 1.29 is 5.11 Å². The van der Waals surface area contributed by atoms with Gasteiger partial charge in [-0.05, 0) is 38.0 Å². The topological polar surface area (TPSA) is 95.0 Å². The van der Waals surface area contributed by atoms with Crippen LogP contribution in [-0.4, -0.2) is 27.9 Å². The molecule has 1 aliphatic carbocycles. The van der Waals surface area contributed by atoms with Gasteiger partial charge in [-0.15, -0.1) is 0 Å². The third kappa shape index (κ3) is 3.30. The van der Waals surface area contributed by atoms with Crippen molar-refractivity contribution in [2.24, 2.45) is 5.73 Å². The van der Waals surface area contributed by atoms with Crippen molar-refractivity contribution in [1.82, 2.24) is 4.98 Å². The first-order valence-electron chi connectivity index (χ1n) is 5.94. The van der Waals surface area contributed by atoms with Crippen molar-refractivity contribution in [2.45, 2.75) is 25.4 Å². The van der Waals surface area contributed by atoms with Gasteiger partial charge >= 0.3 is 0 Å². The third-order valence-corrected chi connectivity index (χ3v) is 2.87. The lowest BCUT2D eigenvalue weighted by atomic mass is 10.1. The third-order valence-electron chi connectivity index (χ3n) is 2.87. The van der Waals surface area contributed by atoms with Gasteiger partial charge in [-0.25, -0.2) is 4.98 Å². The highest BCUT2D eigenvalue weighted by molar-refractivity contribution is 6.06. The minimum Gasteiger partial charge on any atom is -0.402 e. The summed E-state index contributed by atoms with van der Waals surface area (Å²) in [5.41, 5.74) is 6.64. The Labute approximate surface area is 106 Å². The van der Waals surface area contributed by atoms with E-state index in [0.717, 1.165) is 18.4 Å². The van der Waals surface area contributed by atoms with E-state index in [9.17, 15) is 5.11 Å². The van der Waals surface area contributed by atoms with Gasteiger partial charge in [0.15, 0.2) is 0 Å². The lowest BCUT2D eigenvalue weighted by molar-refractivity contribution is 0.164. The number of nitrogens with two attached hydrogens (primary N) is 1. The van der Waals surface area contributed by atoms with Gasteiger partial charge in [0.25, 0.3) is 0 Å². The Kier molecular flexibility index (Phi) is 3.34. The van der Waals surface area contributed by atoms with E-state index in [1.165, 1.54) is 0 Å². The number of aromatic nitrogens is 1. The van der Waals surface area contributed by atoms with Gasteiger partial charge in [0.1, 0.15) is 5.82 Å². The number of nitrogens with zero attached hydrogens (tertiary/aromatic N) is 1.